The Kier molecular flexibility index (Phi) is 4.91. The molecule has 2 aromatic carbocycles. The minimum Gasteiger partial charge on any atom is -0.378 e. The van der Waals surface area contributed by atoms with Crippen LogP contribution in [0.1, 0.15) is 12.5 Å². The smallest absolute Gasteiger partial charge is 0.231 e. The van der Waals surface area contributed by atoms with Crippen LogP contribution in [0.4, 0.5) is 11.4 Å². The van der Waals surface area contributed by atoms with Crippen LogP contribution in [0.25, 0.3) is 6.08 Å². The van der Waals surface area contributed by atoms with Gasteiger partial charge in [-0.1, -0.05) is 47.0 Å². The van der Waals surface area contributed by atoms with Gasteiger partial charge < -0.3 is 4.90 Å². The summed E-state index contributed by atoms with van der Waals surface area (Å²) in [5.74, 6) is 0. The van der Waals surface area contributed by atoms with Crippen LogP contribution in [0.2, 0.25) is 0 Å². The molecule has 0 aliphatic carbocycles. The van der Waals surface area contributed by atoms with Crippen molar-refractivity contribution < 1.29 is 4.70 Å². The lowest BCUT2D eigenvalue weighted by Gasteiger charge is -2.14. The van der Waals surface area contributed by atoms with Crippen molar-refractivity contribution in [3.63, 3.8) is 0 Å². The third-order valence-corrected chi connectivity index (χ3v) is 4.08. The van der Waals surface area contributed by atoms with E-state index in [2.05, 4.69) is 76.1 Å². The highest BCUT2D eigenvalue weighted by Crippen LogP contribution is 2.21. The summed E-state index contributed by atoms with van der Waals surface area (Å²) in [6.07, 6.45) is 4.36. The van der Waals surface area contributed by atoms with E-state index < -0.39 is 0 Å². The number of hydrogen-bond donors (Lipinski definition) is 1. The molecule has 1 aliphatic rings. The molecule has 0 spiro atoms. The summed E-state index contributed by atoms with van der Waals surface area (Å²) < 4.78 is 1.99. The number of hydrogen-bond acceptors (Lipinski definition) is 4. The molecule has 0 saturated carbocycles. The molecule has 5 nitrogen and oxygen atoms in total. The summed E-state index contributed by atoms with van der Waals surface area (Å²) in [6, 6.07) is 18.7. The molecule has 0 saturated heterocycles. The van der Waals surface area contributed by atoms with E-state index in [1.807, 2.05) is 37.0 Å². The minimum atomic E-state index is 0.0472. The fourth-order valence-corrected chi connectivity index (χ4v) is 2.67. The van der Waals surface area contributed by atoms with Gasteiger partial charge in [-0.25, -0.2) is 0 Å². The van der Waals surface area contributed by atoms with E-state index in [1.165, 1.54) is 11.3 Å². The van der Waals surface area contributed by atoms with E-state index in [4.69, 9.17) is 0 Å². The molecule has 2 aromatic rings. The van der Waals surface area contributed by atoms with E-state index in [0.717, 1.165) is 12.2 Å². The lowest BCUT2D eigenvalue weighted by molar-refractivity contribution is -0.539. The van der Waals surface area contributed by atoms with Crippen molar-refractivity contribution in [1.29, 1.82) is 0 Å². The molecular weight excluding hydrogens is 298 g/mol. The Bertz CT molecular complexity index is 719. The number of likely N-dealkylation sites (N-methyl/N-ethyl adjacent to an activating group) is 1. The molecular formula is C19H24N5+. The number of anilines is 1. The fourth-order valence-electron chi connectivity index (χ4n) is 2.67. The Morgan fingerprint density at radius 3 is 2.46 bits per heavy atom. The van der Waals surface area contributed by atoms with Crippen LogP contribution in [0.15, 0.2) is 65.9 Å². The summed E-state index contributed by atoms with van der Waals surface area (Å²) in [5.41, 5.74) is 6.54. The molecule has 1 aliphatic heterocycles. The standard InChI is InChI=1S/C19H23N5/c1-4-23-19(24(21-20-23)18-8-6-5-7-9-18)15-12-16-10-13-17(14-11-16)22(2)3/h5-15,19H,4H2,1-3H3/p+1. The van der Waals surface area contributed by atoms with Gasteiger partial charge >= 0.3 is 0 Å². The summed E-state index contributed by atoms with van der Waals surface area (Å²) in [7, 11) is 4.10. The first kappa shape index (κ1) is 16.2. The second kappa shape index (κ2) is 7.27. The van der Waals surface area contributed by atoms with Crippen molar-refractivity contribution >= 4 is 17.5 Å². The first-order valence-corrected chi connectivity index (χ1v) is 8.22. The zero-order valence-corrected chi connectivity index (χ0v) is 14.4. The third-order valence-electron chi connectivity index (χ3n) is 4.08. The fraction of sp³-hybridized carbons (Fsp3) is 0.263. The van der Waals surface area contributed by atoms with Crippen molar-refractivity contribution in [2.24, 2.45) is 5.22 Å². The molecule has 1 N–H and O–H groups in total. The van der Waals surface area contributed by atoms with E-state index in [9.17, 15) is 0 Å². The molecule has 0 radical (unpaired) electrons. The monoisotopic (exact) mass is 322 g/mol. The van der Waals surface area contributed by atoms with Gasteiger partial charge in [-0.3, -0.25) is 0 Å². The first-order chi connectivity index (χ1) is 11.7. The highest BCUT2D eigenvalue weighted by Gasteiger charge is 2.33. The molecule has 124 valence electrons. The lowest BCUT2D eigenvalue weighted by Crippen LogP contribution is -2.39. The van der Waals surface area contributed by atoms with Gasteiger partial charge in [0, 0.05) is 26.3 Å². The van der Waals surface area contributed by atoms with Crippen molar-refractivity contribution in [3.8, 4) is 0 Å². The van der Waals surface area contributed by atoms with Crippen molar-refractivity contribution in [3.05, 3.63) is 66.2 Å². The zero-order valence-electron chi connectivity index (χ0n) is 14.4. The van der Waals surface area contributed by atoms with Crippen LogP contribution in [0.5, 0.6) is 0 Å². The Morgan fingerprint density at radius 2 is 1.83 bits per heavy atom. The van der Waals surface area contributed by atoms with Gasteiger partial charge in [0.2, 0.25) is 6.17 Å². The largest absolute Gasteiger partial charge is 0.378 e. The molecule has 0 amide bonds. The van der Waals surface area contributed by atoms with Crippen molar-refractivity contribution in [1.82, 2.24) is 10.5 Å². The van der Waals surface area contributed by atoms with Crippen LogP contribution in [0.3, 0.4) is 0 Å². The minimum absolute atomic E-state index is 0.0472. The Labute approximate surface area is 143 Å². The van der Waals surface area contributed by atoms with Crippen LogP contribution < -0.4 is 10.4 Å². The number of hydrazine groups is 1. The quantitative estimate of drug-likeness (QED) is 0.853. The van der Waals surface area contributed by atoms with Gasteiger partial charge in [0.05, 0.1) is 0 Å². The Hall–Kier alpha value is -2.66. The Balaban J connectivity index is 1.81. The summed E-state index contributed by atoms with van der Waals surface area (Å²) >= 11 is 0. The van der Waals surface area contributed by atoms with E-state index >= 15 is 0 Å². The normalized spacial score (nSPS) is 17.8. The second-order valence-electron chi connectivity index (χ2n) is 5.92. The van der Waals surface area contributed by atoms with Gasteiger partial charge in [-0.05, 0) is 42.8 Å². The van der Waals surface area contributed by atoms with E-state index in [-0.39, 0.29) is 6.17 Å². The summed E-state index contributed by atoms with van der Waals surface area (Å²) in [6.45, 7) is 2.98. The average Bonchev–Trinajstić information content (AvgIpc) is 3.04. The molecule has 0 aromatic heterocycles. The van der Waals surface area contributed by atoms with Gasteiger partial charge in [0.25, 0.3) is 0 Å². The van der Waals surface area contributed by atoms with Crippen LogP contribution in [0, 0.1) is 0 Å². The second-order valence-corrected chi connectivity index (χ2v) is 5.92. The SMILES string of the molecule is CCN1NN=[N+](c2ccccc2)C1C=Cc1ccc(N(C)C)cc1. The molecule has 1 unspecified atom stereocenters. The molecule has 0 bridgehead atoms. The number of para-hydroxylation sites is 1. The predicted molar refractivity (Wildman–Crippen MR) is 97.9 cm³/mol. The molecule has 5 heteroatoms. The molecule has 1 atom stereocenters. The molecule has 0 fully saturated rings. The summed E-state index contributed by atoms with van der Waals surface area (Å²) in [5, 5.41) is 6.54. The highest BCUT2D eigenvalue weighted by molar-refractivity contribution is 5.55. The van der Waals surface area contributed by atoms with Gasteiger partial charge in [0.15, 0.2) is 5.69 Å². The van der Waals surface area contributed by atoms with E-state index in [1.54, 1.807) is 0 Å². The maximum Gasteiger partial charge on any atom is 0.231 e. The van der Waals surface area contributed by atoms with Crippen LogP contribution in [-0.2, 0) is 0 Å². The molecule has 3 rings (SSSR count). The predicted octanol–water partition coefficient (Wildman–Crippen LogP) is 3.64. The average molecular weight is 322 g/mol. The molecule has 1 heterocycles. The maximum atomic E-state index is 4.44. The lowest BCUT2D eigenvalue weighted by atomic mass is 10.1. The zero-order chi connectivity index (χ0) is 16.9. The first-order valence-electron chi connectivity index (χ1n) is 8.22. The van der Waals surface area contributed by atoms with Crippen LogP contribution in [-0.4, -0.2) is 36.5 Å². The number of rotatable bonds is 5. The van der Waals surface area contributed by atoms with Gasteiger partial charge in [0.1, 0.15) is 5.22 Å². The van der Waals surface area contributed by atoms with Gasteiger partial charge in [-0.2, -0.15) is 0 Å². The highest BCUT2D eigenvalue weighted by atomic mass is 15.8. The van der Waals surface area contributed by atoms with Gasteiger partial charge in [-0.15, -0.1) is 4.70 Å². The number of nitrogens with zero attached hydrogens (tertiary/aromatic N) is 4. The topological polar surface area (TPSA) is 33.9 Å². The third kappa shape index (κ3) is 3.46. The van der Waals surface area contributed by atoms with E-state index in [0.29, 0.717) is 0 Å². The number of benzene rings is 2. The Morgan fingerprint density at radius 1 is 1.12 bits per heavy atom. The summed E-state index contributed by atoms with van der Waals surface area (Å²) in [4.78, 5) is 2.10. The van der Waals surface area contributed by atoms with Crippen molar-refractivity contribution in [2.75, 3.05) is 25.5 Å². The molecule has 24 heavy (non-hydrogen) atoms. The van der Waals surface area contributed by atoms with Crippen molar-refractivity contribution in [2.45, 2.75) is 13.1 Å². The maximum absolute atomic E-state index is 4.44. The number of nitrogens with one attached hydrogen (secondary N) is 1. The van der Waals surface area contributed by atoms with Crippen LogP contribution >= 0.6 is 0 Å².